The van der Waals surface area contributed by atoms with Crippen molar-refractivity contribution in [2.45, 2.75) is 5.41 Å². The summed E-state index contributed by atoms with van der Waals surface area (Å²) < 4.78 is 0. The van der Waals surface area contributed by atoms with Crippen LogP contribution >= 0.6 is 0 Å². The summed E-state index contributed by atoms with van der Waals surface area (Å²) >= 11 is 0. The van der Waals surface area contributed by atoms with Crippen molar-refractivity contribution in [2.24, 2.45) is 0 Å². The van der Waals surface area contributed by atoms with Crippen molar-refractivity contribution in [3.63, 3.8) is 0 Å². The van der Waals surface area contributed by atoms with Gasteiger partial charge in [0.25, 0.3) is 0 Å². The van der Waals surface area contributed by atoms with E-state index >= 15 is 0 Å². The first-order chi connectivity index (χ1) is 30.3. The lowest BCUT2D eigenvalue weighted by Gasteiger charge is -2.33. The first kappa shape index (κ1) is 35.0. The van der Waals surface area contributed by atoms with Crippen LogP contribution in [-0.2, 0) is 5.41 Å². The van der Waals surface area contributed by atoms with Crippen molar-refractivity contribution in [2.75, 3.05) is 0 Å². The van der Waals surface area contributed by atoms with Crippen LogP contribution in [0, 0.1) is 0 Å². The van der Waals surface area contributed by atoms with Crippen LogP contribution in [0.3, 0.4) is 0 Å². The molecule has 0 fully saturated rings. The number of hydrogen-bond acceptors (Lipinski definition) is 2. The molecule has 2 heteroatoms. The van der Waals surface area contributed by atoms with Crippen LogP contribution in [0.1, 0.15) is 22.3 Å². The van der Waals surface area contributed by atoms with Gasteiger partial charge in [-0.15, -0.1) is 0 Å². The molecule has 0 amide bonds. The van der Waals surface area contributed by atoms with Gasteiger partial charge in [-0.3, -0.25) is 0 Å². The SMILES string of the molecule is c1ccc(-c2nc(-c3ccc4c(c3)-c3ccccc3C4(c3ccccc3)c3ccccc3)cc(-c3ccccc3-c3c4ccccc4cc4c3ccc3ccccc34)n2)cc1. The number of nitrogens with zero attached hydrogens (tertiary/aromatic N) is 2. The lowest BCUT2D eigenvalue weighted by molar-refractivity contribution is 0.768. The zero-order chi connectivity index (χ0) is 40.3. The maximum atomic E-state index is 5.40. The molecule has 10 aromatic carbocycles. The number of aromatic nitrogens is 2. The van der Waals surface area contributed by atoms with Gasteiger partial charge >= 0.3 is 0 Å². The van der Waals surface area contributed by atoms with Gasteiger partial charge in [-0.2, -0.15) is 0 Å². The highest BCUT2D eigenvalue weighted by molar-refractivity contribution is 6.21. The molecule has 1 aliphatic carbocycles. The molecule has 0 N–H and O–H groups in total. The molecular weight excluding hydrogens is 737 g/mol. The molecule has 1 heterocycles. The largest absolute Gasteiger partial charge is 0.228 e. The Morgan fingerprint density at radius 1 is 0.295 bits per heavy atom. The molecule has 0 saturated heterocycles. The van der Waals surface area contributed by atoms with Gasteiger partial charge in [0.2, 0.25) is 0 Å². The van der Waals surface area contributed by atoms with Crippen LogP contribution in [0.15, 0.2) is 231 Å². The minimum Gasteiger partial charge on any atom is -0.228 e. The average Bonchev–Trinajstić information content (AvgIpc) is 3.64. The van der Waals surface area contributed by atoms with E-state index < -0.39 is 5.41 Å². The number of fused-ring (bicyclic) bond motifs is 7. The lowest BCUT2D eigenvalue weighted by atomic mass is 9.67. The lowest BCUT2D eigenvalue weighted by Crippen LogP contribution is -2.28. The van der Waals surface area contributed by atoms with Gasteiger partial charge in [-0.25, -0.2) is 9.97 Å². The topological polar surface area (TPSA) is 25.8 Å². The molecule has 0 aliphatic heterocycles. The van der Waals surface area contributed by atoms with Gasteiger partial charge in [-0.1, -0.05) is 212 Å². The molecule has 11 aromatic rings. The number of rotatable bonds is 6. The smallest absolute Gasteiger partial charge is 0.160 e. The van der Waals surface area contributed by atoms with Gasteiger partial charge in [0.1, 0.15) is 0 Å². The first-order valence-electron chi connectivity index (χ1n) is 21.0. The average molecular weight is 775 g/mol. The minimum absolute atomic E-state index is 0.468. The summed E-state index contributed by atoms with van der Waals surface area (Å²) in [6.45, 7) is 0. The number of hydrogen-bond donors (Lipinski definition) is 0. The van der Waals surface area contributed by atoms with Crippen molar-refractivity contribution < 1.29 is 0 Å². The molecule has 61 heavy (non-hydrogen) atoms. The molecular formula is C59H38N2. The third kappa shape index (κ3) is 5.50. The second-order valence-electron chi connectivity index (χ2n) is 16.0. The Labute approximate surface area is 355 Å². The van der Waals surface area contributed by atoms with Crippen molar-refractivity contribution >= 4 is 32.3 Å². The van der Waals surface area contributed by atoms with Crippen molar-refractivity contribution in [1.82, 2.24) is 9.97 Å². The predicted octanol–water partition coefficient (Wildman–Crippen LogP) is 15.0. The molecule has 284 valence electrons. The fourth-order valence-corrected chi connectivity index (χ4v) is 10.1. The first-order valence-corrected chi connectivity index (χ1v) is 21.0. The van der Waals surface area contributed by atoms with Crippen LogP contribution < -0.4 is 0 Å². The molecule has 0 unspecified atom stereocenters. The van der Waals surface area contributed by atoms with Crippen LogP contribution in [0.4, 0.5) is 0 Å². The molecule has 1 aromatic heterocycles. The van der Waals surface area contributed by atoms with Crippen molar-refractivity contribution in [3.8, 4) is 56.2 Å². The highest BCUT2D eigenvalue weighted by atomic mass is 14.9. The summed E-state index contributed by atoms with van der Waals surface area (Å²) in [6.07, 6.45) is 0. The Morgan fingerprint density at radius 3 is 1.62 bits per heavy atom. The standard InChI is InChI=1S/C59H38N2/c1-4-19-40(20-5-1)58-60-55(42-33-35-54-52(37-42)47-28-16-17-31-53(47)59(54,43-22-6-2-7-23-43)44-24-8-3-9-25-44)38-56(61-58)48-29-14-15-30-49(48)57-46-27-13-11-21-41(46)36-51-45-26-12-10-18-39(45)32-34-50(51)57/h1-38H. The summed E-state index contributed by atoms with van der Waals surface area (Å²) in [7, 11) is 0. The van der Waals surface area contributed by atoms with Gasteiger partial charge in [0, 0.05) is 16.7 Å². The highest BCUT2D eigenvalue weighted by Gasteiger charge is 2.46. The summed E-state index contributed by atoms with van der Waals surface area (Å²) in [4.78, 5) is 10.8. The van der Waals surface area contributed by atoms with Gasteiger partial charge in [-0.05, 0) is 95.0 Å². The van der Waals surface area contributed by atoms with E-state index in [-0.39, 0.29) is 0 Å². The maximum Gasteiger partial charge on any atom is 0.160 e. The second kappa shape index (κ2) is 14.1. The summed E-state index contributed by atoms with van der Waals surface area (Å²) in [5.41, 5.74) is 14.3. The molecule has 1 aliphatic rings. The van der Waals surface area contributed by atoms with E-state index in [2.05, 4.69) is 224 Å². The molecule has 12 rings (SSSR count). The zero-order valence-electron chi connectivity index (χ0n) is 33.3. The fourth-order valence-electron chi connectivity index (χ4n) is 10.1. The molecule has 0 radical (unpaired) electrons. The zero-order valence-corrected chi connectivity index (χ0v) is 33.3. The van der Waals surface area contributed by atoms with Gasteiger partial charge in [0.15, 0.2) is 5.82 Å². The highest BCUT2D eigenvalue weighted by Crippen LogP contribution is 2.56. The normalized spacial score (nSPS) is 12.7. The van der Waals surface area contributed by atoms with Gasteiger partial charge < -0.3 is 0 Å². The van der Waals surface area contributed by atoms with E-state index in [1.165, 1.54) is 71.3 Å². The summed E-state index contributed by atoms with van der Waals surface area (Å²) in [5, 5.41) is 7.38. The van der Waals surface area contributed by atoms with Crippen molar-refractivity contribution in [3.05, 3.63) is 253 Å². The summed E-state index contributed by atoms with van der Waals surface area (Å²) in [5.74, 6) is 0.695. The maximum absolute atomic E-state index is 5.40. The van der Waals surface area contributed by atoms with E-state index in [1.807, 2.05) is 6.07 Å². The Kier molecular flexibility index (Phi) is 8.11. The predicted molar refractivity (Wildman–Crippen MR) is 254 cm³/mol. The Hall–Kier alpha value is -7.94. The Morgan fingerprint density at radius 2 is 0.869 bits per heavy atom. The molecule has 2 nitrogen and oxygen atoms in total. The van der Waals surface area contributed by atoms with Crippen LogP contribution in [-0.4, -0.2) is 9.97 Å². The van der Waals surface area contributed by atoms with E-state index in [1.54, 1.807) is 0 Å². The molecule has 0 bridgehead atoms. The minimum atomic E-state index is -0.468. The third-order valence-electron chi connectivity index (χ3n) is 12.8. The fraction of sp³-hybridized carbons (Fsp3) is 0.0169. The van der Waals surface area contributed by atoms with Crippen LogP contribution in [0.5, 0.6) is 0 Å². The Balaban J connectivity index is 1.10. The Bertz CT molecular complexity index is 3420. The van der Waals surface area contributed by atoms with E-state index in [4.69, 9.17) is 9.97 Å². The van der Waals surface area contributed by atoms with E-state index in [0.717, 1.165) is 33.6 Å². The quantitative estimate of drug-likeness (QED) is 0.124. The third-order valence-corrected chi connectivity index (χ3v) is 12.8. The van der Waals surface area contributed by atoms with E-state index in [0.29, 0.717) is 5.82 Å². The van der Waals surface area contributed by atoms with Crippen LogP contribution in [0.2, 0.25) is 0 Å². The van der Waals surface area contributed by atoms with E-state index in [9.17, 15) is 0 Å². The molecule has 0 spiro atoms. The number of benzene rings is 10. The molecule has 0 saturated carbocycles. The van der Waals surface area contributed by atoms with Crippen LogP contribution in [0.25, 0.3) is 88.5 Å². The molecule has 0 atom stereocenters. The van der Waals surface area contributed by atoms with Crippen molar-refractivity contribution in [1.29, 1.82) is 0 Å². The monoisotopic (exact) mass is 774 g/mol. The summed E-state index contributed by atoms with van der Waals surface area (Å²) in [6, 6.07) is 83.5. The second-order valence-corrected chi connectivity index (χ2v) is 16.0. The van der Waals surface area contributed by atoms with Gasteiger partial charge in [0.05, 0.1) is 16.8 Å².